The second-order valence-electron chi connectivity index (χ2n) is 1.96. The van der Waals surface area contributed by atoms with E-state index < -0.39 is 0 Å². The first-order chi connectivity index (χ1) is 3.97. The second-order valence-corrected chi connectivity index (χ2v) is 4.12. The van der Waals surface area contributed by atoms with Crippen LogP contribution in [-0.2, 0) is 0 Å². The highest BCUT2D eigenvalue weighted by molar-refractivity contribution is 6.86. The Hall–Kier alpha value is -0.693. The van der Waals surface area contributed by atoms with Crippen LogP contribution in [-0.4, -0.2) is 13.6 Å². The fourth-order valence-electron chi connectivity index (χ4n) is 0.801. The Morgan fingerprint density at radius 2 is 1.62 bits per heavy atom. The van der Waals surface area contributed by atoms with Crippen LogP contribution in [0.4, 0.5) is 0 Å². The van der Waals surface area contributed by atoms with Gasteiger partial charge in [0.2, 0.25) is 0 Å². The minimum absolute atomic E-state index is 0.274. The van der Waals surface area contributed by atoms with Crippen molar-refractivity contribution in [3.8, 4) is 0 Å². The van der Waals surface area contributed by atoms with Gasteiger partial charge in [-0.2, -0.15) is 0 Å². The van der Waals surface area contributed by atoms with E-state index in [1.165, 1.54) is 0 Å². The van der Waals surface area contributed by atoms with Crippen LogP contribution in [0.3, 0.4) is 0 Å². The van der Waals surface area contributed by atoms with Crippen molar-refractivity contribution in [2.45, 2.75) is 0 Å². The van der Waals surface area contributed by atoms with Gasteiger partial charge in [-0.25, -0.2) is 0 Å². The summed E-state index contributed by atoms with van der Waals surface area (Å²) in [6.07, 6.45) is 8.69. The molecular formula is C7H6Si. The summed E-state index contributed by atoms with van der Waals surface area (Å²) in [4.78, 5) is 0. The zero-order valence-corrected chi connectivity index (χ0v) is 5.46. The molecule has 0 aromatic heterocycles. The number of allylic oxidation sites excluding steroid dienone is 4. The van der Waals surface area contributed by atoms with Crippen LogP contribution >= 0.6 is 0 Å². The summed E-state index contributed by atoms with van der Waals surface area (Å²) >= 11 is 0. The summed E-state index contributed by atoms with van der Waals surface area (Å²) in [5, 5.41) is 1.57. The van der Waals surface area contributed by atoms with Crippen LogP contribution in [0.5, 0.6) is 0 Å². The van der Waals surface area contributed by atoms with Crippen molar-refractivity contribution in [1.29, 1.82) is 0 Å². The van der Waals surface area contributed by atoms with Crippen LogP contribution in [0.2, 0.25) is 0 Å². The van der Waals surface area contributed by atoms with Crippen LogP contribution in [0.15, 0.2) is 35.7 Å². The molecule has 1 aliphatic heterocycles. The Morgan fingerprint density at radius 1 is 1.00 bits per heavy atom. The molecule has 1 heteroatoms. The highest BCUT2D eigenvalue weighted by atomic mass is 28.2. The van der Waals surface area contributed by atoms with E-state index >= 15 is 0 Å². The fourth-order valence-corrected chi connectivity index (χ4v) is 2.40. The van der Waals surface area contributed by atoms with E-state index in [1.54, 1.807) is 5.17 Å². The molecule has 0 bridgehead atoms. The molecule has 1 heterocycles. The van der Waals surface area contributed by atoms with Gasteiger partial charge in [-0.05, 0) is 5.17 Å². The SMILES string of the molecule is C1=C[Si](=C2C=C2)C=C1. The highest BCUT2D eigenvalue weighted by Gasteiger charge is 2.05. The Balaban J connectivity index is 2.42. The minimum Gasteiger partial charge on any atom is -0.0736 e. The van der Waals surface area contributed by atoms with Crippen molar-refractivity contribution in [2.24, 2.45) is 0 Å². The van der Waals surface area contributed by atoms with Crippen molar-refractivity contribution in [2.75, 3.05) is 0 Å². The Labute approximate surface area is 50.1 Å². The lowest BCUT2D eigenvalue weighted by molar-refractivity contribution is 2.15. The van der Waals surface area contributed by atoms with E-state index in [9.17, 15) is 0 Å². The minimum atomic E-state index is -0.274. The Bertz CT molecular complexity index is 207. The topological polar surface area (TPSA) is 0 Å². The summed E-state index contributed by atoms with van der Waals surface area (Å²) in [5.41, 5.74) is 4.61. The molecule has 0 atom stereocenters. The lowest BCUT2D eigenvalue weighted by Gasteiger charge is -1.78. The van der Waals surface area contributed by atoms with Crippen LogP contribution in [0, 0.1) is 0 Å². The summed E-state index contributed by atoms with van der Waals surface area (Å²) in [6, 6.07) is 0. The van der Waals surface area contributed by atoms with E-state index in [0.717, 1.165) is 0 Å². The highest BCUT2D eigenvalue weighted by Crippen LogP contribution is 2.03. The second kappa shape index (κ2) is 1.39. The van der Waals surface area contributed by atoms with Gasteiger partial charge in [0.25, 0.3) is 0 Å². The van der Waals surface area contributed by atoms with Gasteiger partial charge in [-0.15, -0.1) is 0 Å². The third-order valence-electron chi connectivity index (χ3n) is 1.33. The molecule has 0 saturated carbocycles. The van der Waals surface area contributed by atoms with Crippen molar-refractivity contribution < 1.29 is 0 Å². The van der Waals surface area contributed by atoms with Crippen LogP contribution in [0.25, 0.3) is 0 Å². The van der Waals surface area contributed by atoms with Gasteiger partial charge in [0.05, 0.1) is 8.41 Å². The zero-order valence-electron chi connectivity index (χ0n) is 4.46. The molecule has 38 valence electrons. The smallest absolute Gasteiger partial charge is 0.0724 e. The van der Waals surface area contributed by atoms with Gasteiger partial charge >= 0.3 is 0 Å². The molecule has 0 amide bonds. The van der Waals surface area contributed by atoms with Crippen molar-refractivity contribution >= 4 is 13.6 Å². The normalized spacial score (nSPS) is 21.0. The summed E-state index contributed by atoms with van der Waals surface area (Å²) in [5.74, 6) is 0. The van der Waals surface area contributed by atoms with Crippen molar-refractivity contribution in [3.05, 3.63) is 35.7 Å². The van der Waals surface area contributed by atoms with Gasteiger partial charge < -0.3 is 0 Å². The molecule has 0 spiro atoms. The average Bonchev–Trinajstić information content (AvgIpc) is 2.49. The van der Waals surface area contributed by atoms with E-state index in [4.69, 9.17) is 0 Å². The Morgan fingerprint density at radius 3 is 2.12 bits per heavy atom. The predicted octanol–water partition coefficient (Wildman–Crippen LogP) is 1.01. The standard InChI is InChI=1S/C7H6Si/c1-2-6-8(5-1)7-3-4-7/h1-6H. The predicted molar refractivity (Wildman–Crippen MR) is 38.2 cm³/mol. The van der Waals surface area contributed by atoms with Crippen molar-refractivity contribution in [1.82, 2.24) is 0 Å². The molecule has 0 N–H and O–H groups in total. The molecule has 8 heavy (non-hydrogen) atoms. The van der Waals surface area contributed by atoms with E-state index in [-0.39, 0.29) is 8.41 Å². The summed E-state index contributed by atoms with van der Waals surface area (Å²) in [7, 11) is -0.274. The molecule has 0 aromatic rings. The van der Waals surface area contributed by atoms with Crippen molar-refractivity contribution in [3.63, 3.8) is 0 Å². The first kappa shape index (κ1) is 4.21. The van der Waals surface area contributed by atoms with Gasteiger partial charge in [-0.1, -0.05) is 35.7 Å². The maximum atomic E-state index is 2.31. The third-order valence-corrected chi connectivity index (χ3v) is 3.43. The molecule has 2 aliphatic rings. The van der Waals surface area contributed by atoms with Crippen LogP contribution in [0.1, 0.15) is 0 Å². The largest absolute Gasteiger partial charge is 0.0736 e. The molecular weight excluding hydrogens is 112 g/mol. The monoisotopic (exact) mass is 118 g/mol. The first-order valence-corrected chi connectivity index (χ1v) is 4.39. The molecule has 0 radical (unpaired) electrons. The van der Waals surface area contributed by atoms with Gasteiger partial charge in [-0.3, -0.25) is 0 Å². The van der Waals surface area contributed by atoms with E-state index in [1.807, 2.05) is 0 Å². The van der Waals surface area contributed by atoms with Gasteiger partial charge in [0.1, 0.15) is 0 Å². The summed E-state index contributed by atoms with van der Waals surface area (Å²) < 4.78 is 0. The van der Waals surface area contributed by atoms with E-state index in [0.29, 0.717) is 0 Å². The van der Waals surface area contributed by atoms with E-state index in [2.05, 4.69) is 35.7 Å². The quantitative estimate of drug-likeness (QED) is 0.416. The average molecular weight is 118 g/mol. The lowest BCUT2D eigenvalue weighted by Crippen LogP contribution is -1.94. The Kier molecular flexibility index (Phi) is 0.731. The number of rotatable bonds is 0. The summed E-state index contributed by atoms with van der Waals surface area (Å²) in [6.45, 7) is 0. The van der Waals surface area contributed by atoms with Crippen LogP contribution < -0.4 is 0 Å². The maximum Gasteiger partial charge on any atom is 0.0724 e. The third kappa shape index (κ3) is 0.556. The maximum absolute atomic E-state index is 2.31. The molecule has 1 aliphatic carbocycles. The fraction of sp³-hybridized carbons (Fsp3) is 0. The molecule has 0 unspecified atom stereocenters. The lowest BCUT2D eigenvalue weighted by atomic mass is 10.6. The zero-order chi connectivity index (χ0) is 5.40. The number of hydrogen-bond donors (Lipinski definition) is 0. The molecule has 2 rings (SSSR count). The molecule has 0 saturated heterocycles. The number of hydrogen-bond acceptors (Lipinski definition) is 0. The molecule has 0 nitrogen and oxygen atoms in total. The molecule has 0 aromatic carbocycles. The van der Waals surface area contributed by atoms with Gasteiger partial charge in [0.15, 0.2) is 0 Å². The first-order valence-electron chi connectivity index (χ1n) is 2.74. The molecule has 0 fully saturated rings. The van der Waals surface area contributed by atoms with Gasteiger partial charge in [0, 0.05) is 0 Å².